The van der Waals surface area contributed by atoms with E-state index in [9.17, 15) is 4.79 Å². The molecule has 0 aromatic carbocycles. The van der Waals surface area contributed by atoms with E-state index in [0.29, 0.717) is 12.5 Å². The average Bonchev–Trinajstić information content (AvgIpc) is 2.18. The molecule has 0 spiro atoms. The first-order valence-corrected chi connectivity index (χ1v) is 5.62. The molecule has 0 radical (unpaired) electrons. The van der Waals surface area contributed by atoms with Gasteiger partial charge < -0.3 is 10.0 Å². The Hall–Kier alpha value is -0.610. The maximum absolute atomic E-state index is 12.0. The molecule has 1 rings (SSSR count). The number of amides is 1. The standard InChI is InChI=1S/C11H22N2O2/c1-8(2)13-7-9(3)12(4)11(15)10(13)5-6-14/h8-10,14H,5-7H2,1-4H3. The maximum Gasteiger partial charge on any atom is 0.240 e. The second-order valence-electron chi connectivity index (χ2n) is 4.62. The molecule has 2 atom stereocenters. The molecule has 0 saturated carbocycles. The molecule has 1 saturated heterocycles. The molecular weight excluding hydrogens is 192 g/mol. The number of hydrogen-bond donors (Lipinski definition) is 1. The summed E-state index contributed by atoms with van der Waals surface area (Å²) in [5.74, 6) is 0.136. The SMILES string of the molecule is CC1CN(C(C)C)C(CCO)C(=O)N1C. The van der Waals surface area contributed by atoms with Gasteiger partial charge in [0.25, 0.3) is 0 Å². The minimum atomic E-state index is -0.142. The fourth-order valence-corrected chi connectivity index (χ4v) is 2.13. The van der Waals surface area contributed by atoms with E-state index in [0.717, 1.165) is 6.54 Å². The highest BCUT2D eigenvalue weighted by molar-refractivity contribution is 5.82. The average molecular weight is 214 g/mol. The molecule has 1 amide bonds. The van der Waals surface area contributed by atoms with Crippen molar-refractivity contribution in [3.63, 3.8) is 0 Å². The zero-order valence-corrected chi connectivity index (χ0v) is 10.1. The quantitative estimate of drug-likeness (QED) is 0.735. The van der Waals surface area contributed by atoms with Crippen LogP contribution in [0.15, 0.2) is 0 Å². The summed E-state index contributed by atoms with van der Waals surface area (Å²) in [4.78, 5) is 16.0. The second-order valence-corrected chi connectivity index (χ2v) is 4.62. The molecule has 1 aliphatic rings. The Bertz CT molecular complexity index is 231. The normalized spacial score (nSPS) is 28.9. The molecule has 0 aliphatic carbocycles. The summed E-state index contributed by atoms with van der Waals surface area (Å²) in [7, 11) is 1.84. The van der Waals surface area contributed by atoms with Crippen molar-refractivity contribution < 1.29 is 9.90 Å². The third kappa shape index (κ3) is 2.49. The van der Waals surface area contributed by atoms with Gasteiger partial charge in [0, 0.05) is 32.3 Å². The lowest BCUT2D eigenvalue weighted by atomic mass is 10.0. The van der Waals surface area contributed by atoms with Gasteiger partial charge >= 0.3 is 0 Å². The van der Waals surface area contributed by atoms with Crippen LogP contribution in [-0.4, -0.2) is 59.1 Å². The molecule has 1 N–H and O–H groups in total. The predicted molar refractivity (Wildman–Crippen MR) is 59.6 cm³/mol. The topological polar surface area (TPSA) is 43.8 Å². The van der Waals surface area contributed by atoms with Crippen LogP contribution in [-0.2, 0) is 4.79 Å². The van der Waals surface area contributed by atoms with Crippen LogP contribution in [0.3, 0.4) is 0 Å². The molecule has 0 aromatic heterocycles. The fraction of sp³-hybridized carbons (Fsp3) is 0.909. The van der Waals surface area contributed by atoms with Crippen molar-refractivity contribution in [2.24, 2.45) is 0 Å². The molecule has 2 unspecified atom stereocenters. The smallest absolute Gasteiger partial charge is 0.240 e. The minimum absolute atomic E-state index is 0.0713. The Kier molecular flexibility index (Phi) is 4.11. The highest BCUT2D eigenvalue weighted by Gasteiger charge is 2.37. The highest BCUT2D eigenvalue weighted by Crippen LogP contribution is 2.19. The monoisotopic (exact) mass is 214 g/mol. The molecule has 1 fully saturated rings. The number of piperazine rings is 1. The Morgan fingerprint density at radius 1 is 1.53 bits per heavy atom. The fourth-order valence-electron chi connectivity index (χ4n) is 2.13. The minimum Gasteiger partial charge on any atom is -0.396 e. The van der Waals surface area contributed by atoms with Crippen molar-refractivity contribution in [1.29, 1.82) is 0 Å². The van der Waals surface area contributed by atoms with Gasteiger partial charge in [-0.2, -0.15) is 0 Å². The van der Waals surface area contributed by atoms with Crippen LogP contribution >= 0.6 is 0 Å². The van der Waals surface area contributed by atoms with E-state index in [1.165, 1.54) is 0 Å². The maximum atomic E-state index is 12.0. The number of hydrogen-bond acceptors (Lipinski definition) is 3. The van der Waals surface area contributed by atoms with Gasteiger partial charge in [-0.3, -0.25) is 9.69 Å². The number of nitrogens with zero attached hydrogens (tertiary/aromatic N) is 2. The van der Waals surface area contributed by atoms with E-state index in [2.05, 4.69) is 25.7 Å². The molecule has 1 heterocycles. The van der Waals surface area contributed by atoms with Crippen LogP contribution < -0.4 is 0 Å². The van der Waals surface area contributed by atoms with E-state index >= 15 is 0 Å². The van der Waals surface area contributed by atoms with Crippen LogP contribution in [0.1, 0.15) is 27.2 Å². The number of aliphatic hydroxyl groups excluding tert-OH is 1. The zero-order valence-electron chi connectivity index (χ0n) is 10.1. The lowest BCUT2D eigenvalue weighted by Crippen LogP contribution is -2.61. The van der Waals surface area contributed by atoms with Crippen molar-refractivity contribution in [3.8, 4) is 0 Å². The van der Waals surface area contributed by atoms with E-state index in [1.54, 1.807) is 4.90 Å². The molecule has 0 bridgehead atoms. The van der Waals surface area contributed by atoms with Crippen molar-refractivity contribution in [1.82, 2.24) is 9.80 Å². The summed E-state index contributed by atoms with van der Waals surface area (Å²) in [6.07, 6.45) is 0.536. The molecule has 0 aromatic rings. The zero-order chi connectivity index (χ0) is 11.6. The number of rotatable bonds is 3. The van der Waals surface area contributed by atoms with Gasteiger partial charge in [0.1, 0.15) is 0 Å². The van der Waals surface area contributed by atoms with Crippen LogP contribution in [0.5, 0.6) is 0 Å². The summed E-state index contributed by atoms with van der Waals surface area (Å²) in [5, 5.41) is 8.99. The molecule has 4 heteroatoms. The van der Waals surface area contributed by atoms with Crippen LogP contribution in [0.4, 0.5) is 0 Å². The van der Waals surface area contributed by atoms with Crippen molar-refractivity contribution >= 4 is 5.91 Å². The summed E-state index contributed by atoms with van der Waals surface area (Å²) in [6, 6.07) is 0.465. The number of likely N-dealkylation sites (N-methyl/N-ethyl adjacent to an activating group) is 1. The molecule has 88 valence electrons. The molecule has 15 heavy (non-hydrogen) atoms. The van der Waals surface area contributed by atoms with Crippen LogP contribution in [0, 0.1) is 0 Å². The van der Waals surface area contributed by atoms with E-state index < -0.39 is 0 Å². The van der Waals surface area contributed by atoms with Crippen molar-refractivity contribution in [2.45, 2.75) is 45.3 Å². The van der Waals surface area contributed by atoms with Gasteiger partial charge in [-0.1, -0.05) is 0 Å². The highest BCUT2D eigenvalue weighted by atomic mass is 16.3. The molecule has 1 aliphatic heterocycles. The summed E-state index contributed by atoms with van der Waals surface area (Å²) in [5.41, 5.74) is 0. The molecule has 4 nitrogen and oxygen atoms in total. The molecular formula is C11H22N2O2. The van der Waals surface area contributed by atoms with Gasteiger partial charge in [-0.25, -0.2) is 0 Å². The second kappa shape index (κ2) is 4.94. The van der Waals surface area contributed by atoms with E-state index in [-0.39, 0.29) is 24.6 Å². The predicted octanol–water partition coefficient (Wildman–Crippen LogP) is 0.308. The first kappa shape index (κ1) is 12.5. The number of carbonyl (C=O) groups excluding carboxylic acids is 1. The van der Waals surface area contributed by atoms with E-state index in [4.69, 9.17) is 5.11 Å². The summed E-state index contributed by atoms with van der Waals surface area (Å²) in [6.45, 7) is 7.21. The number of aliphatic hydroxyl groups is 1. The summed E-state index contributed by atoms with van der Waals surface area (Å²) < 4.78 is 0. The first-order valence-electron chi connectivity index (χ1n) is 5.62. The third-order valence-electron chi connectivity index (χ3n) is 3.24. The van der Waals surface area contributed by atoms with Crippen LogP contribution in [0.2, 0.25) is 0 Å². The van der Waals surface area contributed by atoms with Crippen molar-refractivity contribution in [3.05, 3.63) is 0 Å². The third-order valence-corrected chi connectivity index (χ3v) is 3.24. The van der Waals surface area contributed by atoms with Crippen LogP contribution in [0.25, 0.3) is 0 Å². The van der Waals surface area contributed by atoms with Gasteiger partial charge in [-0.15, -0.1) is 0 Å². The number of carbonyl (C=O) groups is 1. The van der Waals surface area contributed by atoms with Crippen molar-refractivity contribution in [2.75, 3.05) is 20.2 Å². The van der Waals surface area contributed by atoms with Gasteiger partial charge in [0.15, 0.2) is 0 Å². The van der Waals surface area contributed by atoms with Gasteiger partial charge in [0.2, 0.25) is 5.91 Å². The van der Waals surface area contributed by atoms with Gasteiger partial charge in [0.05, 0.1) is 6.04 Å². The lowest BCUT2D eigenvalue weighted by molar-refractivity contribution is -0.145. The Morgan fingerprint density at radius 2 is 2.13 bits per heavy atom. The van der Waals surface area contributed by atoms with E-state index in [1.807, 2.05) is 7.05 Å². The lowest BCUT2D eigenvalue weighted by Gasteiger charge is -2.44. The Balaban J connectivity index is 2.81. The first-order chi connectivity index (χ1) is 6.99. The Morgan fingerprint density at radius 3 is 2.60 bits per heavy atom. The Labute approximate surface area is 91.9 Å². The van der Waals surface area contributed by atoms with Gasteiger partial charge in [-0.05, 0) is 27.2 Å². The largest absolute Gasteiger partial charge is 0.396 e. The summed E-state index contributed by atoms with van der Waals surface area (Å²) >= 11 is 0.